The maximum absolute atomic E-state index is 10.9. The summed E-state index contributed by atoms with van der Waals surface area (Å²) in [5, 5.41) is 18.4. The Morgan fingerprint density at radius 3 is 2.72 bits per heavy atom. The fraction of sp³-hybridized carbons (Fsp3) is 0.462. The van der Waals surface area contributed by atoms with Crippen molar-refractivity contribution in [2.45, 2.75) is 18.6 Å². The lowest BCUT2D eigenvalue weighted by atomic mass is 10.0. The molecule has 0 unspecified atom stereocenters. The van der Waals surface area contributed by atoms with Crippen molar-refractivity contribution in [1.82, 2.24) is 0 Å². The Labute approximate surface area is 111 Å². The number of carbonyl (C=O) groups is 1. The van der Waals surface area contributed by atoms with Crippen molar-refractivity contribution >= 4 is 18.6 Å². The Morgan fingerprint density at radius 2 is 2.22 bits per heavy atom. The van der Waals surface area contributed by atoms with Gasteiger partial charge < -0.3 is 14.9 Å². The minimum absolute atomic E-state index is 0.0312. The second-order valence-electron chi connectivity index (χ2n) is 4.67. The molecule has 4 nitrogen and oxygen atoms in total. The molecule has 1 aromatic rings. The highest BCUT2D eigenvalue weighted by Gasteiger charge is 2.47. The fourth-order valence-electron chi connectivity index (χ4n) is 2.19. The highest BCUT2D eigenvalue weighted by Crippen LogP contribution is 2.52. The summed E-state index contributed by atoms with van der Waals surface area (Å²) in [4.78, 5) is 10.9. The van der Waals surface area contributed by atoms with Crippen molar-refractivity contribution in [3.63, 3.8) is 0 Å². The summed E-state index contributed by atoms with van der Waals surface area (Å²) in [5.74, 6) is -0.334. The maximum atomic E-state index is 10.9. The van der Waals surface area contributed by atoms with Crippen LogP contribution in [0.1, 0.15) is 22.8 Å². The molecule has 5 heteroatoms. The van der Waals surface area contributed by atoms with Crippen LogP contribution in [-0.2, 0) is 4.79 Å². The van der Waals surface area contributed by atoms with Gasteiger partial charge in [0.2, 0.25) is 0 Å². The van der Waals surface area contributed by atoms with E-state index >= 15 is 0 Å². The van der Waals surface area contributed by atoms with Gasteiger partial charge in [-0.3, -0.25) is 4.79 Å². The Morgan fingerprint density at radius 1 is 1.56 bits per heavy atom. The SMILES string of the molecule is COc1cc(O)c(C)cc1[C@@H](S)[C@@H]1C[C@@H]1C(=O)O. The number of benzene rings is 1. The smallest absolute Gasteiger partial charge is 0.306 e. The highest BCUT2D eigenvalue weighted by molar-refractivity contribution is 7.80. The van der Waals surface area contributed by atoms with Crippen LogP contribution in [0.15, 0.2) is 12.1 Å². The molecule has 3 atom stereocenters. The largest absolute Gasteiger partial charge is 0.508 e. The van der Waals surface area contributed by atoms with Crippen molar-refractivity contribution in [2.75, 3.05) is 7.11 Å². The Balaban J connectivity index is 2.28. The Hall–Kier alpha value is -1.36. The minimum atomic E-state index is -0.770. The van der Waals surface area contributed by atoms with E-state index in [2.05, 4.69) is 12.6 Å². The third-order valence-electron chi connectivity index (χ3n) is 3.43. The number of phenols is 1. The minimum Gasteiger partial charge on any atom is -0.508 e. The number of aliphatic carboxylic acids is 1. The summed E-state index contributed by atoms with van der Waals surface area (Å²) in [7, 11) is 1.52. The van der Waals surface area contributed by atoms with E-state index in [0.717, 1.165) is 11.1 Å². The van der Waals surface area contributed by atoms with Crippen LogP contribution in [0.5, 0.6) is 11.5 Å². The van der Waals surface area contributed by atoms with Crippen molar-refractivity contribution in [3.8, 4) is 11.5 Å². The predicted octanol–water partition coefficient (Wildman–Crippen LogP) is 2.40. The number of thiol groups is 1. The van der Waals surface area contributed by atoms with Crippen molar-refractivity contribution in [1.29, 1.82) is 0 Å². The second-order valence-corrected chi connectivity index (χ2v) is 5.23. The lowest BCUT2D eigenvalue weighted by Gasteiger charge is -2.16. The lowest BCUT2D eigenvalue weighted by molar-refractivity contribution is -0.138. The van der Waals surface area contributed by atoms with Crippen LogP contribution in [0.4, 0.5) is 0 Å². The summed E-state index contributed by atoms with van der Waals surface area (Å²) in [6.07, 6.45) is 0.645. The molecule has 0 spiro atoms. The summed E-state index contributed by atoms with van der Waals surface area (Å²) in [6.45, 7) is 1.79. The van der Waals surface area contributed by atoms with Crippen LogP contribution in [0, 0.1) is 18.8 Å². The maximum Gasteiger partial charge on any atom is 0.306 e. The second kappa shape index (κ2) is 4.72. The van der Waals surface area contributed by atoms with Crippen LogP contribution in [0.2, 0.25) is 0 Å². The Bertz CT molecular complexity index is 486. The molecule has 0 saturated heterocycles. The van der Waals surface area contributed by atoms with Gasteiger partial charge >= 0.3 is 5.97 Å². The van der Waals surface area contributed by atoms with E-state index < -0.39 is 5.97 Å². The first-order chi connectivity index (χ1) is 8.45. The lowest BCUT2D eigenvalue weighted by Crippen LogP contribution is -2.05. The predicted molar refractivity (Wildman–Crippen MR) is 70.4 cm³/mol. The zero-order valence-electron chi connectivity index (χ0n) is 10.3. The van der Waals surface area contributed by atoms with E-state index in [4.69, 9.17) is 9.84 Å². The van der Waals surface area contributed by atoms with Crippen LogP contribution >= 0.6 is 12.6 Å². The van der Waals surface area contributed by atoms with Gasteiger partial charge in [0.05, 0.1) is 13.0 Å². The van der Waals surface area contributed by atoms with Crippen LogP contribution in [0.25, 0.3) is 0 Å². The molecule has 1 aromatic carbocycles. The number of carboxylic acid groups (broad SMARTS) is 1. The topological polar surface area (TPSA) is 66.8 Å². The zero-order chi connectivity index (χ0) is 13.4. The number of aromatic hydroxyl groups is 1. The van der Waals surface area contributed by atoms with E-state index in [1.165, 1.54) is 7.11 Å². The molecule has 2 N–H and O–H groups in total. The van der Waals surface area contributed by atoms with Crippen LogP contribution in [-0.4, -0.2) is 23.3 Å². The normalized spacial score (nSPS) is 23.5. The molecule has 1 saturated carbocycles. The van der Waals surface area contributed by atoms with Gasteiger partial charge in [0.15, 0.2) is 0 Å². The van der Waals surface area contributed by atoms with Gasteiger partial charge in [-0.1, -0.05) is 0 Å². The molecule has 0 radical (unpaired) electrons. The summed E-state index contributed by atoms with van der Waals surface area (Å²) in [6, 6.07) is 3.36. The molecule has 0 aliphatic heterocycles. The van der Waals surface area contributed by atoms with Crippen LogP contribution < -0.4 is 4.74 Å². The molecule has 0 aromatic heterocycles. The molecule has 1 aliphatic rings. The van der Waals surface area contributed by atoms with Crippen molar-refractivity contribution in [2.24, 2.45) is 11.8 Å². The van der Waals surface area contributed by atoms with Gasteiger partial charge in [-0.2, -0.15) is 12.6 Å². The average molecular weight is 268 g/mol. The van der Waals surface area contributed by atoms with Gasteiger partial charge in [-0.25, -0.2) is 0 Å². The molecule has 1 fully saturated rings. The molecular formula is C13H16O4S. The highest BCUT2D eigenvalue weighted by atomic mass is 32.1. The molecule has 98 valence electrons. The molecule has 0 heterocycles. The van der Waals surface area contributed by atoms with E-state index in [1.54, 1.807) is 13.0 Å². The van der Waals surface area contributed by atoms with E-state index in [0.29, 0.717) is 12.2 Å². The zero-order valence-corrected chi connectivity index (χ0v) is 11.1. The average Bonchev–Trinajstić information content (AvgIpc) is 3.11. The number of phenolic OH excluding ortho intramolecular Hbond substituents is 1. The Kier molecular flexibility index (Phi) is 3.43. The van der Waals surface area contributed by atoms with E-state index in [9.17, 15) is 9.90 Å². The van der Waals surface area contributed by atoms with Gasteiger partial charge in [0.1, 0.15) is 11.5 Å². The molecule has 0 amide bonds. The number of ether oxygens (including phenoxy) is 1. The number of carboxylic acids is 1. The van der Waals surface area contributed by atoms with Gasteiger partial charge in [-0.05, 0) is 30.9 Å². The molecular weight excluding hydrogens is 252 g/mol. The molecule has 0 bridgehead atoms. The third kappa shape index (κ3) is 2.27. The molecule has 2 rings (SSSR count). The van der Waals surface area contributed by atoms with Gasteiger partial charge in [0.25, 0.3) is 0 Å². The summed E-state index contributed by atoms with van der Waals surface area (Å²) < 4.78 is 5.22. The first-order valence-corrected chi connectivity index (χ1v) is 6.25. The first-order valence-electron chi connectivity index (χ1n) is 5.74. The molecule has 18 heavy (non-hydrogen) atoms. The molecule has 1 aliphatic carbocycles. The standard InChI is InChI=1S/C13H16O4S/c1-6-3-9(11(17-2)5-10(6)14)12(18)7-4-8(7)13(15)16/h3,5,7-8,12,14,18H,4H2,1-2H3,(H,15,16)/t7-,8+,12+/m1/s1. The number of hydrogen-bond donors (Lipinski definition) is 3. The number of hydrogen-bond acceptors (Lipinski definition) is 4. The van der Waals surface area contributed by atoms with E-state index in [1.807, 2.05) is 6.07 Å². The monoisotopic (exact) mass is 268 g/mol. The quantitative estimate of drug-likeness (QED) is 0.734. The van der Waals surface area contributed by atoms with E-state index in [-0.39, 0.29) is 22.8 Å². The third-order valence-corrected chi connectivity index (χ3v) is 4.09. The first kappa shape index (κ1) is 13.1. The van der Waals surface area contributed by atoms with Crippen LogP contribution in [0.3, 0.4) is 0 Å². The summed E-state index contributed by atoms with van der Waals surface area (Å²) in [5.41, 5.74) is 1.57. The number of rotatable bonds is 4. The van der Waals surface area contributed by atoms with Gasteiger partial charge in [-0.15, -0.1) is 0 Å². The number of methoxy groups -OCH3 is 1. The van der Waals surface area contributed by atoms with Gasteiger partial charge in [0, 0.05) is 16.9 Å². The van der Waals surface area contributed by atoms with Crippen molar-refractivity contribution in [3.05, 3.63) is 23.3 Å². The summed E-state index contributed by atoms with van der Waals surface area (Å²) >= 11 is 4.51. The fourth-order valence-corrected chi connectivity index (χ4v) is 2.72. The van der Waals surface area contributed by atoms with Crippen molar-refractivity contribution < 1.29 is 19.7 Å². The number of aryl methyl sites for hydroxylation is 1.